The molecule has 4 N–H and O–H groups in total. The maximum atomic E-state index is 11.5. The predicted octanol–water partition coefficient (Wildman–Crippen LogP) is 22.4. The lowest BCUT2D eigenvalue weighted by Gasteiger charge is -2.44. The second-order valence-corrected chi connectivity index (χ2v) is 38.9. The number of carbonyl (C=O) groups excluding carboxylic acids is 1. The Morgan fingerprint density at radius 3 is 1.25 bits per heavy atom. The third kappa shape index (κ3) is 15.2. The molecule has 91 heavy (non-hydrogen) atoms. The highest BCUT2D eigenvalue weighted by atomic mass is 28.3. The van der Waals surface area contributed by atoms with Gasteiger partial charge >= 0.3 is 0 Å². The lowest BCUT2D eigenvalue weighted by atomic mass is 9.93. The van der Waals surface area contributed by atoms with Crippen molar-refractivity contribution in [1.29, 1.82) is 0 Å². The molecule has 17 heteroatoms. The van der Waals surface area contributed by atoms with Crippen LogP contribution in [-0.4, -0.2) is 55.5 Å². The third-order valence-corrected chi connectivity index (χ3v) is 33.7. The Hall–Kier alpha value is -7.64. The molecule has 1 fully saturated rings. The number of H-pyrrole nitrogens is 2. The molecule has 4 aliphatic carbocycles. The van der Waals surface area contributed by atoms with Crippen LogP contribution < -0.4 is 5.73 Å². The number of hydrogen-bond donors (Lipinski definition) is 3. The summed E-state index contributed by atoms with van der Waals surface area (Å²) in [6.07, 6.45) is 35.2. The number of anilines is 1. The van der Waals surface area contributed by atoms with Gasteiger partial charge in [-0.2, -0.15) is 0 Å². The van der Waals surface area contributed by atoms with Crippen molar-refractivity contribution in [3.8, 4) is 0 Å². The van der Waals surface area contributed by atoms with Gasteiger partial charge in [-0.05, 0) is 182 Å². The van der Waals surface area contributed by atoms with Crippen molar-refractivity contribution >= 4 is 105 Å². The first-order valence-electron chi connectivity index (χ1n) is 33.7. The SMILES string of the molecule is CC(C)[Si](C(C)C)(C(C)C)n1cc(C2=CCCCC2)c2cc(N)ccc21.CC(C)[Si](C(C)C)(C(C)C)n1cc(C2=CCCCC2)c2cc([N+](=O)[O-])ccc21.O=C1CCCCC1.O=[N+]([O-])c1ccc2[nH]cc(C3=CCCCC3)c2c1.O=[N+]([O-])c1ccc2[nH]ccc2c1. The van der Waals surface area contributed by atoms with Crippen LogP contribution in [0.25, 0.3) is 60.3 Å². The van der Waals surface area contributed by atoms with Crippen LogP contribution in [0.2, 0.25) is 33.2 Å². The van der Waals surface area contributed by atoms with E-state index in [4.69, 9.17) is 5.73 Å². The number of hydrogen-bond acceptors (Lipinski definition) is 8. The summed E-state index contributed by atoms with van der Waals surface area (Å²) in [7, 11) is -3.72. The molecule has 4 aliphatic rings. The first kappa shape index (κ1) is 69.3. The van der Waals surface area contributed by atoms with Crippen molar-refractivity contribution in [2.75, 3.05) is 5.73 Å². The number of nitrogen functional groups attached to an aromatic ring is 1. The van der Waals surface area contributed by atoms with E-state index < -0.39 is 21.4 Å². The Bertz CT molecular complexity index is 3910. The average Bonchev–Trinajstić information content (AvgIpc) is 1.63. The van der Waals surface area contributed by atoms with E-state index in [0.717, 1.165) is 89.8 Å². The number of nitrogens with zero attached hydrogens (tertiary/aromatic N) is 5. The molecule has 0 spiro atoms. The smallest absolute Gasteiger partial charge is 0.270 e. The third-order valence-electron chi connectivity index (χ3n) is 20.2. The molecule has 0 amide bonds. The first-order chi connectivity index (χ1) is 43.4. The zero-order valence-corrected chi connectivity index (χ0v) is 58.2. The molecule has 0 radical (unpaired) electrons. The number of non-ortho nitro benzene ring substituents is 3. The summed E-state index contributed by atoms with van der Waals surface area (Å²) in [6, 6.07) is 23.6. The second kappa shape index (κ2) is 30.7. The molecule has 486 valence electrons. The van der Waals surface area contributed by atoms with Crippen molar-refractivity contribution in [3.05, 3.63) is 169 Å². The fraction of sp³-hybridized carbons (Fsp3) is 0.473. The van der Waals surface area contributed by atoms with Crippen molar-refractivity contribution in [3.63, 3.8) is 0 Å². The van der Waals surface area contributed by atoms with E-state index in [2.05, 4.69) is 150 Å². The molecule has 12 rings (SSSR count). The number of nitrogens with one attached hydrogen (secondary N) is 2. The fourth-order valence-corrected chi connectivity index (χ4v) is 29.5. The van der Waals surface area contributed by atoms with Crippen molar-refractivity contribution in [1.82, 2.24) is 18.4 Å². The number of benzene rings is 4. The van der Waals surface area contributed by atoms with Crippen LogP contribution >= 0.6 is 0 Å². The molecule has 0 bridgehead atoms. The number of aromatic amines is 2. The van der Waals surface area contributed by atoms with E-state index in [-0.39, 0.29) is 26.9 Å². The van der Waals surface area contributed by atoms with Gasteiger partial charge in [0.1, 0.15) is 5.78 Å². The summed E-state index contributed by atoms with van der Waals surface area (Å²) in [5.41, 5.74) is 23.8. The van der Waals surface area contributed by atoms with Crippen LogP contribution in [0.4, 0.5) is 22.7 Å². The molecular formula is C74H100N8O7Si2. The maximum Gasteiger partial charge on any atom is 0.270 e. The van der Waals surface area contributed by atoms with Crippen LogP contribution in [0, 0.1) is 30.3 Å². The largest absolute Gasteiger partial charge is 0.399 e. The second-order valence-electron chi connectivity index (χ2n) is 27.5. The average molecular weight is 1270 g/mol. The normalized spacial score (nSPS) is 15.6. The van der Waals surface area contributed by atoms with Gasteiger partial charge in [0.25, 0.3) is 17.1 Å². The van der Waals surface area contributed by atoms with Gasteiger partial charge in [0.15, 0.2) is 16.5 Å². The summed E-state index contributed by atoms with van der Waals surface area (Å²) < 4.78 is 5.34. The number of nitro groups is 3. The van der Waals surface area contributed by atoms with Crippen molar-refractivity contribution in [2.24, 2.45) is 0 Å². The standard InChI is InChI=1S/C23H34N2O2Si.C23H36N2Si.C14H14N2O2.C8H6N2O2.C6H10O/c1-16(2)28(17(3)4,18(5)6)24-15-22(19-10-8-7-9-11-19)21-14-20(25(26)27)12-13-23(21)24;1-16(2)26(17(3)4,18(5)6)25-15-22(19-10-8-7-9-11-19)21-14-20(24)12-13-23(21)25;17-16(18)11-6-7-14-12(8-11)13(9-15-14)10-4-2-1-3-5-10;11-10(12)7-1-2-8-6(5-7)3-4-9-8;7-6-4-2-1-3-5-6/h10,12-18H,7-9,11H2,1-6H3;10,12-18H,7-9,11,24H2,1-6H3;4,6-9,15H,1-3,5H2;1-5,9H;1-5H2. The molecule has 0 atom stereocenters. The summed E-state index contributed by atoms with van der Waals surface area (Å²) in [5, 5.41) is 36.9. The number of nitro benzene ring substituents is 3. The highest BCUT2D eigenvalue weighted by molar-refractivity contribution is 6.83. The van der Waals surface area contributed by atoms with E-state index in [1.807, 2.05) is 18.3 Å². The van der Waals surface area contributed by atoms with Gasteiger partial charge in [-0.1, -0.05) is 108 Å². The van der Waals surface area contributed by atoms with E-state index in [1.165, 1.54) is 114 Å². The Labute approximate surface area is 540 Å². The molecule has 0 aliphatic heterocycles. The molecular weight excluding hydrogens is 1170 g/mol. The summed E-state index contributed by atoms with van der Waals surface area (Å²) in [6.45, 7) is 28.8. The van der Waals surface area contributed by atoms with Crippen molar-refractivity contribution < 1.29 is 19.6 Å². The summed E-state index contributed by atoms with van der Waals surface area (Å²) in [4.78, 5) is 48.3. The molecule has 4 aromatic carbocycles. The van der Waals surface area contributed by atoms with E-state index in [0.29, 0.717) is 39.0 Å². The van der Waals surface area contributed by atoms with Gasteiger partial charge in [0.2, 0.25) is 0 Å². The molecule has 0 unspecified atom stereocenters. The van der Waals surface area contributed by atoms with E-state index >= 15 is 0 Å². The monoisotopic (exact) mass is 1270 g/mol. The minimum atomic E-state index is -1.94. The van der Waals surface area contributed by atoms with Crippen LogP contribution in [-0.2, 0) is 4.79 Å². The highest BCUT2D eigenvalue weighted by Gasteiger charge is 2.47. The number of Topliss-reactive ketones (excluding diaryl/α,β-unsaturated/α-hetero) is 1. The first-order valence-corrected chi connectivity index (χ1v) is 38.1. The lowest BCUT2D eigenvalue weighted by Crippen LogP contribution is -2.51. The van der Waals surface area contributed by atoms with Gasteiger partial charge in [-0.3, -0.25) is 35.1 Å². The van der Waals surface area contributed by atoms with Gasteiger partial charge in [0, 0.05) is 140 Å². The Morgan fingerprint density at radius 1 is 0.440 bits per heavy atom. The Morgan fingerprint density at radius 2 is 0.835 bits per heavy atom. The predicted molar refractivity (Wildman–Crippen MR) is 385 cm³/mol. The number of aromatic nitrogens is 4. The molecule has 15 nitrogen and oxygen atoms in total. The van der Waals surface area contributed by atoms with E-state index in [9.17, 15) is 35.1 Å². The number of ketones is 1. The van der Waals surface area contributed by atoms with E-state index in [1.54, 1.807) is 42.6 Å². The molecule has 4 aromatic heterocycles. The summed E-state index contributed by atoms with van der Waals surface area (Å²) in [5.74, 6) is 0.464. The van der Waals surface area contributed by atoms with Crippen LogP contribution in [0.5, 0.6) is 0 Å². The number of nitrogens with two attached hydrogens (primary N) is 1. The number of fused-ring (bicyclic) bond motifs is 4. The molecule has 1 saturated carbocycles. The van der Waals surface area contributed by atoms with Crippen LogP contribution in [0.1, 0.15) is 209 Å². The van der Waals surface area contributed by atoms with Crippen molar-refractivity contribution in [2.45, 2.75) is 225 Å². The minimum absolute atomic E-state index is 0.127. The van der Waals surface area contributed by atoms with Gasteiger partial charge in [0.05, 0.1) is 14.8 Å². The van der Waals surface area contributed by atoms with Gasteiger partial charge in [-0.25, -0.2) is 0 Å². The maximum absolute atomic E-state index is 11.5. The van der Waals surface area contributed by atoms with Crippen LogP contribution in [0.15, 0.2) is 122 Å². The molecule has 0 saturated heterocycles. The molecule has 4 heterocycles. The van der Waals surface area contributed by atoms with Gasteiger partial charge < -0.3 is 24.2 Å². The Kier molecular flexibility index (Phi) is 23.3. The fourth-order valence-electron chi connectivity index (χ4n) is 16.2. The topological polar surface area (TPSA) is 214 Å². The molecule has 8 aromatic rings. The minimum Gasteiger partial charge on any atom is -0.399 e. The van der Waals surface area contributed by atoms with Crippen LogP contribution in [0.3, 0.4) is 0 Å². The number of carbonyl (C=O) groups is 1. The summed E-state index contributed by atoms with van der Waals surface area (Å²) >= 11 is 0. The Balaban J connectivity index is 0.000000156. The van der Waals surface area contributed by atoms with Gasteiger partial charge in [-0.15, -0.1) is 0 Å². The zero-order chi connectivity index (χ0) is 65.9. The lowest BCUT2D eigenvalue weighted by molar-refractivity contribution is -0.384. The zero-order valence-electron chi connectivity index (χ0n) is 56.2. The number of allylic oxidation sites excluding steroid dienone is 6. The number of rotatable bonds is 14. The highest BCUT2D eigenvalue weighted by Crippen LogP contribution is 2.49. The quantitative estimate of drug-likeness (QED) is 0.0411.